The van der Waals surface area contributed by atoms with Crippen LogP contribution in [0.4, 0.5) is 4.39 Å². The zero-order chi connectivity index (χ0) is 10.7. The van der Waals surface area contributed by atoms with Crippen molar-refractivity contribution in [2.24, 2.45) is 4.99 Å². The van der Waals surface area contributed by atoms with E-state index in [9.17, 15) is 4.39 Å². The van der Waals surface area contributed by atoms with Gasteiger partial charge < -0.3 is 4.74 Å². The Morgan fingerprint density at radius 2 is 2.40 bits per heavy atom. The molecule has 1 heterocycles. The van der Waals surface area contributed by atoms with Crippen LogP contribution in [0.15, 0.2) is 23.2 Å². The number of aryl methyl sites for hydroxylation is 1. The van der Waals surface area contributed by atoms with Crippen molar-refractivity contribution in [1.29, 1.82) is 0 Å². The molecule has 1 atom stereocenters. The SMILES string of the molecule is Fc1ccc(CCC2COC=N2)c(Cl)c1. The maximum Gasteiger partial charge on any atom is 0.169 e. The van der Waals surface area contributed by atoms with Gasteiger partial charge in [-0.25, -0.2) is 4.39 Å². The van der Waals surface area contributed by atoms with E-state index in [1.54, 1.807) is 6.07 Å². The van der Waals surface area contributed by atoms with Crippen LogP contribution in [0.5, 0.6) is 0 Å². The van der Waals surface area contributed by atoms with E-state index in [2.05, 4.69) is 4.99 Å². The Morgan fingerprint density at radius 1 is 1.53 bits per heavy atom. The van der Waals surface area contributed by atoms with Crippen molar-refractivity contribution >= 4 is 18.0 Å². The molecular formula is C11H11ClFNO. The minimum absolute atomic E-state index is 0.214. The van der Waals surface area contributed by atoms with Crippen molar-refractivity contribution < 1.29 is 9.13 Å². The molecule has 0 aromatic heterocycles. The molecular weight excluding hydrogens is 217 g/mol. The van der Waals surface area contributed by atoms with Crippen molar-refractivity contribution in [3.63, 3.8) is 0 Å². The maximum absolute atomic E-state index is 12.8. The third-order valence-electron chi connectivity index (χ3n) is 2.40. The van der Waals surface area contributed by atoms with Gasteiger partial charge in [0, 0.05) is 5.02 Å². The molecule has 0 saturated heterocycles. The number of ether oxygens (including phenoxy) is 1. The van der Waals surface area contributed by atoms with E-state index in [4.69, 9.17) is 16.3 Å². The highest BCUT2D eigenvalue weighted by molar-refractivity contribution is 6.31. The van der Waals surface area contributed by atoms with Gasteiger partial charge in [-0.1, -0.05) is 17.7 Å². The average Bonchev–Trinajstić information content (AvgIpc) is 2.69. The first-order chi connectivity index (χ1) is 7.25. The van der Waals surface area contributed by atoms with E-state index in [0.717, 1.165) is 18.4 Å². The number of hydrogen-bond acceptors (Lipinski definition) is 2. The van der Waals surface area contributed by atoms with Crippen molar-refractivity contribution in [3.05, 3.63) is 34.6 Å². The standard InChI is InChI=1S/C11H11ClFNO/c12-11-5-9(13)3-1-8(11)2-4-10-6-15-7-14-10/h1,3,5,7,10H,2,4,6H2. The quantitative estimate of drug-likeness (QED) is 0.778. The van der Waals surface area contributed by atoms with Gasteiger partial charge in [0.05, 0.1) is 6.04 Å². The minimum atomic E-state index is -0.300. The fraction of sp³-hybridized carbons (Fsp3) is 0.364. The summed E-state index contributed by atoms with van der Waals surface area (Å²) in [5.41, 5.74) is 0.958. The molecule has 2 nitrogen and oxygen atoms in total. The fourth-order valence-corrected chi connectivity index (χ4v) is 1.79. The van der Waals surface area contributed by atoms with Crippen LogP contribution in [0.2, 0.25) is 5.02 Å². The molecule has 0 aliphatic carbocycles. The molecule has 4 heteroatoms. The molecule has 1 aliphatic rings. The molecule has 0 amide bonds. The summed E-state index contributed by atoms with van der Waals surface area (Å²) in [6.45, 7) is 0.638. The molecule has 0 fully saturated rings. The summed E-state index contributed by atoms with van der Waals surface area (Å²) < 4.78 is 17.8. The van der Waals surface area contributed by atoms with E-state index in [-0.39, 0.29) is 11.9 Å². The number of benzene rings is 1. The third-order valence-corrected chi connectivity index (χ3v) is 2.75. The number of hydrogen-bond donors (Lipinski definition) is 0. The van der Waals surface area contributed by atoms with Gasteiger partial charge in [0.1, 0.15) is 12.4 Å². The minimum Gasteiger partial charge on any atom is -0.481 e. The number of aliphatic imine (C=N–C) groups is 1. The van der Waals surface area contributed by atoms with Gasteiger partial charge in [-0.05, 0) is 30.5 Å². The van der Waals surface area contributed by atoms with Crippen molar-refractivity contribution in [3.8, 4) is 0 Å². The second-order valence-electron chi connectivity index (χ2n) is 3.52. The smallest absolute Gasteiger partial charge is 0.169 e. The summed E-state index contributed by atoms with van der Waals surface area (Å²) in [7, 11) is 0. The third kappa shape index (κ3) is 2.69. The van der Waals surface area contributed by atoms with Gasteiger partial charge in [-0.3, -0.25) is 4.99 Å². The van der Waals surface area contributed by atoms with Gasteiger partial charge >= 0.3 is 0 Å². The molecule has 0 bridgehead atoms. The van der Waals surface area contributed by atoms with Crippen molar-refractivity contribution in [1.82, 2.24) is 0 Å². The largest absolute Gasteiger partial charge is 0.481 e. The predicted octanol–water partition coefficient (Wildman–Crippen LogP) is 2.84. The highest BCUT2D eigenvalue weighted by atomic mass is 35.5. The van der Waals surface area contributed by atoms with Crippen LogP contribution in [0, 0.1) is 5.82 Å². The molecule has 1 aromatic carbocycles. The Morgan fingerprint density at radius 3 is 3.07 bits per heavy atom. The fourth-order valence-electron chi connectivity index (χ4n) is 1.53. The van der Waals surface area contributed by atoms with Gasteiger partial charge in [0.25, 0.3) is 0 Å². The molecule has 1 aromatic rings. The summed E-state index contributed by atoms with van der Waals surface area (Å²) >= 11 is 5.91. The second-order valence-corrected chi connectivity index (χ2v) is 3.92. The first-order valence-electron chi connectivity index (χ1n) is 4.83. The Labute approximate surface area is 92.7 Å². The van der Waals surface area contributed by atoms with Crippen LogP contribution in [0.3, 0.4) is 0 Å². The molecule has 0 radical (unpaired) electrons. The first kappa shape index (κ1) is 10.4. The van der Waals surface area contributed by atoms with E-state index in [1.165, 1.54) is 18.5 Å². The second kappa shape index (κ2) is 4.62. The summed E-state index contributed by atoms with van der Waals surface area (Å²) in [4.78, 5) is 4.13. The summed E-state index contributed by atoms with van der Waals surface area (Å²) in [5.74, 6) is -0.300. The van der Waals surface area contributed by atoms with Crippen molar-refractivity contribution in [2.75, 3.05) is 6.61 Å². The zero-order valence-corrected chi connectivity index (χ0v) is 8.88. The van der Waals surface area contributed by atoms with Gasteiger partial charge in [-0.15, -0.1) is 0 Å². The molecule has 0 saturated carbocycles. The van der Waals surface area contributed by atoms with Gasteiger partial charge in [0.2, 0.25) is 0 Å². The van der Waals surface area contributed by atoms with Gasteiger partial charge in [0.15, 0.2) is 6.40 Å². The van der Waals surface area contributed by atoms with E-state index >= 15 is 0 Å². The summed E-state index contributed by atoms with van der Waals surface area (Å²) in [6.07, 6.45) is 3.16. The highest BCUT2D eigenvalue weighted by Gasteiger charge is 2.12. The number of rotatable bonds is 3. The van der Waals surface area contributed by atoms with Crippen LogP contribution < -0.4 is 0 Å². The summed E-state index contributed by atoms with van der Waals surface area (Å²) in [5, 5.41) is 0.484. The lowest BCUT2D eigenvalue weighted by Gasteiger charge is -2.06. The highest BCUT2D eigenvalue weighted by Crippen LogP contribution is 2.20. The van der Waals surface area contributed by atoms with Gasteiger partial charge in [-0.2, -0.15) is 0 Å². The van der Waals surface area contributed by atoms with Crippen LogP contribution in [0.25, 0.3) is 0 Å². The molecule has 1 aliphatic heterocycles. The lowest BCUT2D eigenvalue weighted by atomic mass is 10.1. The molecule has 80 valence electrons. The van der Waals surface area contributed by atoms with Crippen LogP contribution in [-0.4, -0.2) is 19.0 Å². The Hall–Kier alpha value is -1.09. The van der Waals surface area contributed by atoms with Crippen molar-refractivity contribution in [2.45, 2.75) is 18.9 Å². The van der Waals surface area contributed by atoms with Crippen LogP contribution >= 0.6 is 11.6 Å². The van der Waals surface area contributed by atoms with E-state index in [1.807, 2.05) is 0 Å². The molecule has 0 spiro atoms. The lowest BCUT2D eigenvalue weighted by molar-refractivity contribution is 0.322. The monoisotopic (exact) mass is 227 g/mol. The van der Waals surface area contributed by atoms with E-state index in [0.29, 0.717) is 11.6 Å². The lowest BCUT2D eigenvalue weighted by Crippen LogP contribution is -2.07. The maximum atomic E-state index is 12.8. The molecule has 15 heavy (non-hydrogen) atoms. The van der Waals surface area contributed by atoms with Crippen LogP contribution in [0.1, 0.15) is 12.0 Å². The average molecular weight is 228 g/mol. The Bertz CT molecular complexity index is 381. The summed E-state index contributed by atoms with van der Waals surface area (Å²) in [6, 6.07) is 4.70. The molecule has 2 rings (SSSR count). The number of nitrogens with zero attached hydrogens (tertiary/aromatic N) is 1. The Balaban J connectivity index is 1.95. The predicted molar refractivity (Wildman–Crippen MR) is 58.0 cm³/mol. The normalized spacial score (nSPS) is 19.2. The van der Waals surface area contributed by atoms with E-state index < -0.39 is 0 Å². The van der Waals surface area contributed by atoms with Crippen LogP contribution in [-0.2, 0) is 11.2 Å². The number of halogens is 2. The molecule has 0 N–H and O–H groups in total. The zero-order valence-electron chi connectivity index (χ0n) is 8.12. The first-order valence-corrected chi connectivity index (χ1v) is 5.20. The molecule has 1 unspecified atom stereocenters. The Kier molecular flexibility index (Phi) is 3.21. The topological polar surface area (TPSA) is 21.6 Å².